The van der Waals surface area contributed by atoms with Crippen molar-refractivity contribution in [3.63, 3.8) is 0 Å². The fourth-order valence-electron chi connectivity index (χ4n) is 3.90. The maximum absolute atomic E-state index is 13.4. The molecule has 1 aromatic heterocycles. The lowest BCUT2D eigenvalue weighted by Gasteiger charge is -2.40. The van der Waals surface area contributed by atoms with Gasteiger partial charge in [-0.05, 0) is 23.3 Å². The number of amides is 2. The van der Waals surface area contributed by atoms with Crippen LogP contribution < -0.4 is 5.73 Å². The first-order valence-corrected chi connectivity index (χ1v) is 10.0. The van der Waals surface area contributed by atoms with Gasteiger partial charge in [0.15, 0.2) is 0 Å². The molecule has 0 saturated carbocycles. The first-order valence-electron chi connectivity index (χ1n) is 10.0. The van der Waals surface area contributed by atoms with Gasteiger partial charge in [0.05, 0.1) is 6.54 Å². The Morgan fingerprint density at radius 2 is 1.73 bits per heavy atom. The minimum atomic E-state index is -0.660. The number of rotatable bonds is 6. The zero-order valence-corrected chi connectivity index (χ0v) is 16.7. The first-order chi connectivity index (χ1) is 14.6. The van der Waals surface area contributed by atoms with E-state index in [9.17, 15) is 9.59 Å². The van der Waals surface area contributed by atoms with Crippen LogP contribution in [0.2, 0.25) is 0 Å². The molecule has 30 heavy (non-hydrogen) atoms. The molecule has 1 saturated heterocycles. The Bertz CT molecular complexity index is 1000. The molecule has 4 rings (SSSR count). The topological polar surface area (TPSA) is 84.5 Å². The lowest BCUT2D eigenvalue weighted by Crippen LogP contribution is -2.59. The third-order valence-corrected chi connectivity index (χ3v) is 5.44. The molecule has 154 valence electrons. The van der Waals surface area contributed by atoms with Gasteiger partial charge in [-0.25, -0.2) is 0 Å². The van der Waals surface area contributed by atoms with E-state index in [1.165, 1.54) is 5.56 Å². The van der Waals surface area contributed by atoms with Crippen LogP contribution in [0.5, 0.6) is 0 Å². The van der Waals surface area contributed by atoms with Crippen molar-refractivity contribution in [2.45, 2.75) is 19.1 Å². The molecule has 7 nitrogen and oxygen atoms in total. The lowest BCUT2D eigenvalue weighted by molar-refractivity contribution is -0.124. The van der Waals surface area contributed by atoms with Gasteiger partial charge in [-0.3, -0.25) is 19.2 Å². The summed E-state index contributed by atoms with van der Waals surface area (Å²) in [4.78, 5) is 29.4. The minimum Gasteiger partial charge on any atom is -0.368 e. The van der Waals surface area contributed by atoms with Crippen LogP contribution in [0.1, 0.15) is 21.5 Å². The lowest BCUT2D eigenvalue weighted by atomic mass is 10.0. The van der Waals surface area contributed by atoms with Crippen molar-refractivity contribution in [2.75, 3.05) is 19.6 Å². The van der Waals surface area contributed by atoms with Crippen molar-refractivity contribution in [2.24, 2.45) is 5.73 Å². The van der Waals surface area contributed by atoms with E-state index in [1.807, 2.05) is 48.7 Å². The second kappa shape index (κ2) is 8.92. The zero-order chi connectivity index (χ0) is 20.9. The summed E-state index contributed by atoms with van der Waals surface area (Å²) in [6.07, 6.45) is 3.56. The summed E-state index contributed by atoms with van der Waals surface area (Å²) in [5.41, 5.74) is 8.32. The van der Waals surface area contributed by atoms with Gasteiger partial charge in [0.25, 0.3) is 5.91 Å². The third-order valence-electron chi connectivity index (χ3n) is 5.44. The van der Waals surface area contributed by atoms with Gasteiger partial charge in [-0.1, -0.05) is 48.5 Å². The van der Waals surface area contributed by atoms with Gasteiger partial charge >= 0.3 is 0 Å². The zero-order valence-electron chi connectivity index (χ0n) is 16.7. The molecule has 2 N–H and O–H groups in total. The van der Waals surface area contributed by atoms with E-state index < -0.39 is 11.9 Å². The van der Waals surface area contributed by atoms with Crippen LogP contribution in [0.4, 0.5) is 0 Å². The average molecular weight is 403 g/mol. The fourth-order valence-corrected chi connectivity index (χ4v) is 3.90. The number of carbonyl (C=O) groups excluding carboxylic acids is 2. The number of nitrogens with zero attached hydrogens (tertiary/aromatic N) is 4. The molecule has 2 heterocycles. The van der Waals surface area contributed by atoms with E-state index in [4.69, 9.17) is 5.73 Å². The fraction of sp³-hybridized carbons (Fsp3) is 0.261. The van der Waals surface area contributed by atoms with Crippen LogP contribution >= 0.6 is 0 Å². The Balaban J connectivity index is 1.52. The van der Waals surface area contributed by atoms with Crippen molar-refractivity contribution in [1.29, 1.82) is 0 Å². The summed E-state index contributed by atoms with van der Waals surface area (Å²) in [6, 6.07) is 18.7. The van der Waals surface area contributed by atoms with E-state index in [0.29, 0.717) is 31.7 Å². The van der Waals surface area contributed by atoms with Gasteiger partial charge in [0, 0.05) is 44.1 Å². The molecule has 1 fully saturated rings. The largest absolute Gasteiger partial charge is 0.368 e. The van der Waals surface area contributed by atoms with Crippen molar-refractivity contribution in [1.82, 2.24) is 19.6 Å². The highest BCUT2D eigenvalue weighted by Gasteiger charge is 2.35. The number of primary amides is 1. The highest BCUT2D eigenvalue weighted by Crippen LogP contribution is 2.19. The summed E-state index contributed by atoms with van der Waals surface area (Å²) in [5.74, 6) is -0.647. The van der Waals surface area contributed by atoms with E-state index in [0.717, 1.165) is 12.1 Å². The van der Waals surface area contributed by atoms with E-state index in [1.54, 1.807) is 21.8 Å². The Morgan fingerprint density at radius 1 is 0.967 bits per heavy atom. The van der Waals surface area contributed by atoms with Gasteiger partial charge in [-0.15, -0.1) is 0 Å². The molecular weight excluding hydrogens is 378 g/mol. The Kier molecular flexibility index (Phi) is 5.90. The van der Waals surface area contributed by atoms with Crippen molar-refractivity contribution in [3.05, 3.63) is 89.7 Å². The average Bonchev–Trinajstić information content (AvgIpc) is 3.27. The quantitative estimate of drug-likeness (QED) is 0.680. The smallest absolute Gasteiger partial charge is 0.254 e. The Labute approximate surface area is 175 Å². The van der Waals surface area contributed by atoms with Crippen LogP contribution in [-0.2, 0) is 17.9 Å². The number of piperazine rings is 1. The normalized spacial score (nSPS) is 17.1. The monoisotopic (exact) mass is 403 g/mol. The Hall–Kier alpha value is -3.45. The number of hydrogen-bond acceptors (Lipinski definition) is 4. The van der Waals surface area contributed by atoms with Crippen LogP contribution in [0.25, 0.3) is 0 Å². The van der Waals surface area contributed by atoms with Crippen LogP contribution in [0, 0.1) is 0 Å². The first kappa shape index (κ1) is 19.8. The molecule has 1 aliphatic heterocycles. The molecule has 0 bridgehead atoms. The van der Waals surface area contributed by atoms with E-state index in [-0.39, 0.29) is 5.91 Å². The standard InChI is InChI=1S/C23H25N5O2/c24-22(29)21-17-26(15-18-7-2-1-3-8-18)13-14-28(21)23(30)20-10-5-4-9-19(20)16-27-12-6-11-25-27/h1-12,21H,13-17H2,(H2,24,29). The maximum atomic E-state index is 13.4. The molecule has 3 aromatic rings. The van der Waals surface area contributed by atoms with Crippen LogP contribution in [-0.4, -0.2) is 57.1 Å². The maximum Gasteiger partial charge on any atom is 0.254 e. The number of nitrogens with two attached hydrogens (primary N) is 1. The summed E-state index contributed by atoms with van der Waals surface area (Å²) in [5, 5.41) is 4.23. The molecule has 1 atom stereocenters. The summed E-state index contributed by atoms with van der Waals surface area (Å²) in [7, 11) is 0. The highest BCUT2D eigenvalue weighted by atomic mass is 16.2. The van der Waals surface area contributed by atoms with E-state index >= 15 is 0 Å². The molecule has 2 amide bonds. The SMILES string of the molecule is NC(=O)C1CN(Cc2ccccc2)CCN1C(=O)c1ccccc1Cn1cccn1. The molecule has 0 spiro atoms. The van der Waals surface area contributed by atoms with E-state index in [2.05, 4.69) is 22.1 Å². The molecule has 2 aromatic carbocycles. The number of hydrogen-bond donors (Lipinski definition) is 1. The van der Waals surface area contributed by atoms with Gasteiger partial charge in [0.2, 0.25) is 5.91 Å². The highest BCUT2D eigenvalue weighted by molar-refractivity contribution is 5.98. The van der Waals surface area contributed by atoms with Gasteiger partial charge < -0.3 is 10.6 Å². The number of aromatic nitrogens is 2. The molecular formula is C23H25N5O2. The third kappa shape index (κ3) is 4.41. The summed E-state index contributed by atoms with van der Waals surface area (Å²) in [6.45, 7) is 2.78. The minimum absolute atomic E-state index is 0.166. The second-order valence-electron chi connectivity index (χ2n) is 7.50. The Morgan fingerprint density at radius 3 is 2.47 bits per heavy atom. The molecule has 7 heteroatoms. The number of benzene rings is 2. The van der Waals surface area contributed by atoms with Crippen molar-refractivity contribution >= 4 is 11.8 Å². The molecule has 1 unspecified atom stereocenters. The van der Waals surface area contributed by atoms with Crippen LogP contribution in [0.15, 0.2) is 73.1 Å². The predicted molar refractivity (Wildman–Crippen MR) is 114 cm³/mol. The number of carbonyl (C=O) groups is 2. The predicted octanol–water partition coefficient (Wildman–Crippen LogP) is 1.74. The molecule has 0 radical (unpaired) electrons. The summed E-state index contributed by atoms with van der Waals surface area (Å²) < 4.78 is 1.77. The van der Waals surface area contributed by atoms with Gasteiger partial charge in [0.1, 0.15) is 6.04 Å². The molecule has 0 aliphatic carbocycles. The summed E-state index contributed by atoms with van der Waals surface area (Å²) >= 11 is 0. The van der Waals surface area contributed by atoms with Gasteiger partial charge in [-0.2, -0.15) is 5.10 Å². The van der Waals surface area contributed by atoms with Crippen LogP contribution in [0.3, 0.4) is 0 Å². The molecule has 1 aliphatic rings. The second-order valence-corrected chi connectivity index (χ2v) is 7.50. The van der Waals surface area contributed by atoms with Crippen molar-refractivity contribution in [3.8, 4) is 0 Å². The van der Waals surface area contributed by atoms with Crippen molar-refractivity contribution < 1.29 is 9.59 Å².